The minimum Gasteiger partial charge on any atom is -0.367 e. The van der Waals surface area contributed by atoms with Crippen molar-refractivity contribution in [1.29, 1.82) is 0 Å². The Morgan fingerprint density at radius 3 is 2.65 bits per heavy atom. The van der Waals surface area contributed by atoms with Gasteiger partial charge in [0.1, 0.15) is 5.82 Å². The second-order valence-electron chi connectivity index (χ2n) is 4.77. The van der Waals surface area contributed by atoms with Crippen molar-refractivity contribution in [3.63, 3.8) is 0 Å². The first-order valence-corrected chi connectivity index (χ1v) is 6.34. The highest BCUT2D eigenvalue weighted by atomic mass is 15.1. The van der Waals surface area contributed by atoms with Crippen LogP contribution in [0.15, 0.2) is 6.20 Å². The van der Waals surface area contributed by atoms with Crippen molar-refractivity contribution in [2.24, 2.45) is 5.92 Å². The first-order valence-electron chi connectivity index (χ1n) is 6.34. The number of anilines is 2. The third-order valence-corrected chi connectivity index (χ3v) is 3.03. The molecule has 0 aliphatic rings. The van der Waals surface area contributed by atoms with Crippen molar-refractivity contribution in [2.45, 2.75) is 46.6 Å². The summed E-state index contributed by atoms with van der Waals surface area (Å²) in [6, 6.07) is 0.434. The van der Waals surface area contributed by atoms with E-state index < -0.39 is 0 Å². The van der Waals surface area contributed by atoms with Gasteiger partial charge in [-0.2, -0.15) is 4.98 Å². The Kier molecular flexibility index (Phi) is 5.19. The van der Waals surface area contributed by atoms with Crippen LogP contribution in [0, 0.1) is 12.8 Å². The number of rotatable bonds is 6. The second-order valence-corrected chi connectivity index (χ2v) is 4.77. The van der Waals surface area contributed by atoms with Crippen LogP contribution in [0.2, 0.25) is 0 Å². The van der Waals surface area contributed by atoms with E-state index in [1.165, 1.54) is 6.42 Å². The van der Waals surface area contributed by atoms with Crippen LogP contribution in [0.4, 0.5) is 11.8 Å². The molecule has 1 aromatic rings. The van der Waals surface area contributed by atoms with E-state index in [4.69, 9.17) is 0 Å². The summed E-state index contributed by atoms with van der Waals surface area (Å²) >= 11 is 0. The molecule has 2 N–H and O–H groups in total. The van der Waals surface area contributed by atoms with Gasteiger partial charge in [0.25, 0.3) is 0 Å². The van der Waals surface area contributed by atoms with Gasteiger partial charge in [-0.1, -0.05) is 20.3 Å². The summed E-state index contributed by atoms with van der Waals surface area (Å²) in [5, 5.41) is 6.42. The summed E-state index contributed by atoms with van der Waals surface area (Å²) in [4.78, 5) is 8.61. The van der Waals surface area contributed by atoms with Crippen LogP contribution in [0.5, 0.6) is 0 Å². The number of hydrogen-bond acceptors (Lipinski definition) is 4. The molecule has 96 valence electrons. The van der Waals surface area contributed by atoms with E-state index in [1.54, 1.807) is 0 Å². The largest absolute Gasteiger partial charge is 0.367 e. The topological polar surface area (TPSA) is 49.8 Å². The van der Waals surface area contributed by atoms with Crippen LogP contribution in [0.25, 0.3) is 0 Å². The van der Waals surface area contributed by atoms with Crippen LogP contribution >= 0.6 is 0 Å². The lowest BCUT2D eigenvalue weighted by Crippen LogP contribution is -2.20. The zero-order valence-corrected chi connectivity index (χ0v) is 11.5. The zero-order valence-electron chi connectivity index (χ0n) is 11.5. The highest BCUT2D eigenvalue weighted by Gasteiger charge is 2.10. The predicted octanol–water partition coefficient (Wildman–Crippen LogP) is 3.06. The third-order valence-electron chi connectivity index (χ3n) is 3.03. The number of aryl methyl sites for hydroxylation is 1. The van der Waals surface area contributed by atoms with E-state index >= 15 is 0 Å². The van der Waals surface area contributed by atoms with Gasteiger partial charge in [-0.25, -0.2) is 4.98 Å². The monoisotopic (exact) mass is 236 g/mol. The first-order chi connectivity index (χ1) is 8.06. The molecule has 0 saturated carbocycles. The quantitative estimate of drug-likeness (QED) is 0.797. The minimum absolute atomic E-state index is 0.434. The lowest BCUT2D eigenvalue weighted by Gasteiger charge is -2.19. The summed E-state index contributed by atoms with van der Waals surface area (Å²) < 4.78 is 0. The van der Waals surface area contributed by atoms with E-state index in [0.29, 0.717) is 12.0 Å². The van der Waals surface area contributed by atoms with E-state index in [2.05, 4.69) is 41.4 Å². The second kappa shape index (κ2) is 6.42. The fraction of sp³-hybridized carbons (Fsp3) is 0.692. The molecule has 1 heterocycles. The molecule has 17 heavy (non-hydrogen) atoms. The molecule has 0 radical (unpaired) electrons. The van der Waals surface area contributed by atoms with Gasteiger partial charge in [0.05, 0.1) is 0 Å². The van der Waals surface area contributed by atoms with Crippen molar-refractivity contribution in [3.8, 4) is 0 Å². The van der Waals surface area contributed by atoms with Gasteiger partial charge < -0.3 is 10.6 Å². The van der Waals surface area contributed by atoms with Crippen molar-refractivity contribution < 1.29 is 0 Å². The molecule has 0 amide bonds. The molecule has 2 atom stereocenters. The van der Waals surface area contributed by atoms with E-state index in [0.717, 1.165) is 23.7 Å². The molecule has 0 aliphatic carbocycles. The van der Waals surface area contributed by atoms with Gasteiger partial charge in [-0.3, -0.25) is 0 Å². The Bertz CT molecular complexity index is 351. The maximum Gasteiger partial charge on any atom is 0.224 e. The van der Waals surface area contributed by atoms with Crippen LogP contribution < -0.4 is 10.6 Å². The lowest BCUT2D eigenvalue weighted by molar-refractivity contribution is 0.483. The van der Waals surface area contributed by atoms with Crippen LogP contribution in [-0.4, -0.2) is 23.1 Å². The summed E-state index contributed by atoms with van der Waals surface area (Å²) in [5.74, 6) is 2.33. The van der Waals surface area contributed by atoms with Gasteiger partial charge in [-0.15, -0.1) is 0 Å². The van der Waals surface area contributed by atoms with Crippen LogP contribution in [0.3, 0.4) is 0 Å². The fourth-order valence-electron chi connectivity index (χ4n) is 1.77. The maximum absolute atomic E-state index is 4.43. The molecular weight excluding hydrogens is 212 g/mol. The Hall–Kier alpha value is -1.32. The number of aromatic nitrogens is 2. The Labute approximate surface area is 104 Å². The molecule has 2 unspecified atom stereocenters. The number of hydrogen-bond donors (Lipinski definition) is 2. The Balaban J connectivity index is 2.66. The van der Waals surface area contributed by atoms with E-state index in [-0.39, 0.29) is 0 Å². The molecule has 0 bridgehead atoms. The number of nitrogens with one attached hydrogen (secondary N) is 2. The van der Waals surface area contributed by atoms with Gasteiger partial charge in [0.2, 0.25) is 5.95 Å². The Morgan fingerprint density at radius 1 is 1.35 bits per heavy atom. The molecule has 1 rings (SSSR count). The molecule has 4 heteroatoms. The summed E-state index contributed by atoms with van der Waals surface area (Å²) in [7, 11) is 1.83. The SMILES string of the molecule is CCC(C)CC(C)Nc1nc(NC)ncc1C. The molecule has 0 fully saturated rings. The standard InChI is InChI=1S/C13H24N4/c1-6-9(2)7-11(4)16-12-10(3)8-15-13(14-5)17-12/h8-9,11H,6-7H2,1-5H3,(H2,14,15,16,17). The highest BCUT2D eigenvalue weighted by molar-refractivity contribution is 5.46. The van der Waals surface area contributed by atoms with Crippen LogP contribution in [0.1, 0.15) is 39.2 Å². The molecular formula is C13H24N4. The third kappa shape index (κ3) is 4.21. The molecule has 1 aromatic heterocycles. The molecule has 4 nitrogen and oxygen atoms in total. The van der Waals surface area contributed by atoms with E-state index in [1.807, 2.05) is 20.2 Å². The first kappa shape index (κ1) is 13.7. The van der Waals surface area contributed by atoms with Crippen LogP contribution in [-0.2, 0) is 0 Å². The average Bonchev–Trinajstić information content (AvgIpc) is 2.31. The van der Waals surface area contributed by atoms with Crippen molar-refractivity contribution in [3.05, 3.63) is 11.8 Å². The summed E-state index contributed by atoms with van der Waals surface area (Å²) in [6.45, 7) is 8.74. The molecule has 0 aliphatic heterocycles. The minimum atomic E-state index is 0.434. The molecule has 0 spiro atoms. The van der Waals surface area contributed by atoms with Crippen molar-refractivity contribution in [2.75, 3.05) is 17.7 Å². The van der Waals surface area contributed by atoms with Gasteiger partial charge >= 0.3 is 0 Å². The zero-order chi connectivity index (χ0) is 12.8. The van der Waals surface area contributed by atoms with Crippen molar-refractivity contribution >= 4 is 11.8 Å². The fourth-order valence-corrected chi connectivity index (χ4v) is 1.77. The van der Waals surface area contributed by atoms with Gasteiger partial charge in [0.15, 0.2) is 0 Å². The Morgan fingerprint density at radius 2 is 2.06 bits per heavy atom. The predicted molar refractivity (Wildman–Crippen MR) is 73.5 cm³/mol. The van der Waals surface area contributed by atoms with Crippen molar-refractivity contribution in [1.82, 2.24) is 9.97 Å². The molecule has 0 aromatic carbocycles. The summed E-state index contributed by atoms with van der Waals surface area (Å²) in [6.07, 6.45) is 4.22. The normalized spacial score (nSPS) is 14.2. The average molecular weight is 236 g/mol. The summed E-state index contributed by atoms with van der Waals surface area (Å²) in [5.41, 5.74) is 1.08. The maximum atomic E-state index is 4.43. The highest BCUT2D eigenvalue weighted by Crippen LogP contribution is 2.17. The number of nitrogens with zero attached hydrogens (tertiary/aromatic N) is 2. The van der Waals surface area contributed by atoms with Gasteiger partial charge in [0, 0.05) is 24.8 Å². The smallest absolute Gasteiger partial charge is 0.224 e. The molecule has 0 saturated heterocycles. The van der Waals surface area contributed by atoms with E-state index in [9.17, 15) is 0 Å². The van der Waals surface area contributed by atoms with Gasteiger partial charge in [-0.05, 0) is 26.2 Å². The lowest BCUT2D eigenvalue weighted by atomic mass is 10.0.